The number of hydrogen-bond acceptors (Lipinski definition) is 12. The van der Waals surface area contributed by atoms with Crippen molar-refractivity contribution in [1.82, 2.24) is 40.5 Å². The molecule has 3 aliphatic rings. The normalized spacial score (nSPS) is 17.2. The molecule has 21 heteroatoms. The van der Waals surface area contributed by atoms with Crippen molar-refractivity contribution in [2.75, 3.05) is 34.9 Å². The van der Waals surface area contributed by atoms with Crippen molar-refractivity contribution < 1.29 is 32.7 Å². The second kappa shape index (κ2) is 29.6. The lowest BCUT2D eigenvalue weighted by Crippen LogP contribution is -2.42. The highest BCUT2D eigenvalue weighted by Crippen LogP contribution is 2.32. The van der Waals surface area contributed by atoms with Crippen molar-refractivity contribution in [1.29, 1.82) is 0 Å². The summed E-state index contributed by atoms with van der Waals surface area (Å²) in [5.41, 5.74) is 11.7. The Labute approximate surface area is 478 Å². The van der Waals surface area contributed by atoms with Gasteiger partial charge in [-0.2, -0.15) is 0 Å². The number of para-hydroxylation sites is 2. The Balaban J connectivity index is 0.000000198. The van der Waals surface area contributed by atoms with Gasteiger partial charge in [-0.1, -0.05) is 49.6 Å². The van der Waals surface area contributed by atoms with Gasteiger partial charge in [-0.25, -0.2) is 28.7 Å². The van der Waals surface area contributed by atoms with E-state index in [1.54, 1.807) is 60.9 Å². The highest BCUT2D eigenvalue weighted by atomic mass is 35.5. The summed E-state index contributed by atoms with van der Waals surface area (Å²) in [6.07, 6.45) is 17.6. The highest BCUT2D eigenvalue weighted by molar-refractivity contribution is 6.66. The molecule has 5 heterocycles. The van der Waals surface area contributed by atoms with Crippen LogP contribution in [0, 0.1) is 11.6 Å². The van der Waals surface area contributed by atoms with E-state index in [4.69, 9.17) is 22.1 Å². The number of fused-ring (bicyclic) bond motifs is 2. The summed E-state index contributed by atoms with van der Waals surface area (Å²) >= 11 is 4.71. The molecule has 0 spiro atoms. The Hall–Kier alpha value is -8.52. The smallest absolute Gasteiger partial charge is 0.251 e. The predicted molar refractivity (Wildman–Crippen MR) is 317 cm³/mol. The summed E-state index contributed by atoms with van der Waals surface area (Å²) in [6, 6.07) is 29.1. The first kappa shape index (κ1) is 60.1. The first-order valence-electron chi connectivity index (χ1n) is 26.5. The number of nitrogen functional groups attached to an aromatic ring is 1. The number of carbonyl (C=O) groups is 4. The third-order valence-electron chi connectivity index (χ3n) is 13.6. The van der Waals surface area contributed by atoms with Crippen LogP contribution in [0.2, 0.25) is 0 Å². The highest BCUT2D eigenvalue weighted by Gasteiger charge is 2.27. The number of anilines is 4. The zero-order valence-electron chi connectivity index (χ0n) is 44.4. The molecule has 0 radical (unpaired) electrons. The van der Waals surface area contributed by atoms with Crippen LogP contribution in [0.15, 0.2) is 147 Å². The number of carbonyl (C=O) groups excluding carboxylic acids is 4. The van der Waals surface area contributed by atoms with Gasteiger partial charge in [-0.15, -0.1) is 12.4 Å². The molecule has 4 atom stereocenters. The zero-order valence-corrected chi connectivity index (χ0v) is 45.9. The van der Waals surface area contributed by atoms with Gasteiger partial charge in [0.25, 0.3) is 11.8 Å². The minimum atomic E-state index is -0.509. The molecule has 11 rings (SSSR count). The van der Waals surface area contributed by atoms with Gasteiger partial charge in [-0.05, 0) is 149 Å². The van der Waals surface area contributed by atoms with E-state index in [9.17, 15) is 28.0 Å². The van der Waals surface area contributed by atoms with Crippen molar-refractivity contribution >= 4 is 92.0 Å². The maximum Gasteiger partial charge on any atom is 0.251 e. The van der Waals surface area contributed by atoms with Crippen molar-refractivity contribution in [3.63, 3.8) is 0 Å². The molecule has 0 bridgehead atoms. The number of nitrogens with one attached hydrogen (secondary N) is 7. The molecular weight excluding hydrogens is 1080 g/mol. The molecule has 3 fully saturated rings. The number of ether oxygens (including phenoxy) is 1. The molecule has 2 saturated carbocycles. The molecule has 9 N–H and O–H groups in total. The quantitative estimate of drug-likeness (QED) is 0.0305. The van der Waals surface area contributed by atoms with Gasteiger partial charge in [-0.3, -0.25) is 19.2 Å². The molecular formula is C60H64Cl2F2N12O5. The number of halogens is 4. The number of rotatable bonds is 13. The number of amides is 3. The van der Waals surface area contributed by atoms with Crippen LogP contribution in [0.3, 0.4) is 0 Å². The van der Waals surface area contributed by atoms with Crippen LogP contribution in [-0.2, 0) is 14.3 Å². The monoisotopic (exact) mass is 1140 g/mol. The average molecular weight is 1140 g/mol. The summed E-state index contributed by atoms with van der Waals surface area (Å²) in [7, 11) is 0. The number of allylic oxidation sites excluding steroid dienone is 1. The Morgan fingerprint density at radius 3 is 1.47 bits per heavy atom. The van der Waals surface area contributed by atoms with Gasteiger partial charge in [0.15, 0.2) is 11.6 Å². The van der Waals surface area contributed by atoms with Crippen LogP contribution >= 0.6 is 24.0 Å². The molecule has 0 unspecified atom stereocenters. The maximum atomic E-state index is 14.7. The van der Waals surface area contributed by atoms with Gasteiger partial charge in [0, 0.05) is 105 Å². The average Bonchev–Trinajstić information content (AvgIpc) is 4.51. The zero-order chi connectivity index (χ0) is 56.4. The van der Waals surface area contributed by atoms with E-state index in [1.165, 1.54) is 31.3 Å². The number of aromatic nitrogens is 6. The third-order valence-corrected chi connectivity index (χ3v) is 13.8. The van der Waals surface area contributed by atoms with E-state index >= 15 is 0 Å². The Morgan fingerprint density at radius 2 is 1.05 bits per heavy atom. The van der Waals surface area contributed by atoms with Crippen molar-refractivity contribution in [3.05, 3.63) is 170 Å². The Kier molecular flexibility index (Phi) is 22.0. The SMILES string of the molecule is C1CCOC1.C=CC(=O)Cl.C=CC(=O)Nc1ccc(C(=O)N[C@H]2CCC[C@@H](Nc3ncc(F)c(-c4c[nH]c5ccccc45)n3)C2)cc1.Cl.Nc1ccc(C(=O)N[C@H]2CCC[C@@H](Nc3ncc(F)c(-c4c[nH]c5ccccc45)n3)C2)cc1. The molecule has 4 aromatic carbocycles. The maximum absolute atomic E-state index is 14.7. The van der Waals surface area contributed by atoms with E-state index in [-0.39, 0.29) is 65.7 Å². The van der Waals surface area contributed by atoms with E-state index < -0.39 is 16.9 Å². The summed E-state index contributed by atoms with van der Waals surface area (Å²) in [5.74, 6) is -0.811. The van der Waals surface area contributed by atoms with Crippen LogP contribution in [0.4, 0.5) is 32.1 Å². The number of nitrogens with zero attached hydrogens (tertiary/aromatic N) is 4. The largest absolute Gasteiger partial charge is 0.399 e. The molecule has 1 saturated heterocycles. The number of aromatic amines is 2. The first-order valence-corrected chi connectivity index (χ1v) is 26.8. The van der Waals surface area contributed by atoms with Crippen LogP contribution < -0.4 is 32.3 Å². The fourth-order valence-corrected chi connectivity index (χ4v) is 9.64. The second-order valence-corrected chi connectivity index (χ2v) is 19.7. The van der Waals surface area contributed by atoms with Crippen LogP contribution in [0.25, 0.3) is 44.3 Å². The third kappa shape index (κ3) is 17.0. The summed E-state index contributed by atoms with van der Waals surface area (Å²) in [5, 5.41) is 16.8. The van der Waals surface area contributed by atoms with Crippen molar-refractivity contribution in [2.45, 2.75) is 88.4 Å². The van der Waals surface area contributed by atoms with Gasteiger partial charge >= 0.3 is 0 Å². The summed E-state index contributed by atoms with van der Waals surface area (Å²) in [6.45, 7) is 8.50. The fraction of sp³-hybridized carbons (Fsp3) is 0.267. The second-order valence-electron chi connectivity index (χ2n) is 19.4. The number of nitrogens with two attached hydrogens (primary N) is 1. The van der Waals surface area contributed by atoms with Gasteiger partial charge < -0.3 is 47.0 Å². The van der Waals surface area contributed by atoms with E-state index in [0.29, 0.717) is 51.9 Å². The number of H-pyrrole nitrogens is 2. The van der Waals surface area contributed by atoms with Crippen molar-refractivity contribution in [2.24, 2.45) is 0 Å². The molecule has 3 amide bonds. The van der Waals surface area contributed by atoms with Crippen LogP contribution in [0.5, 0.6) is 0 Å². The Bertz CT molecular complexity index is 3420. The molecule has 8 aromatic rings. The lowest BCUT2D eigenvalue weighted by atomic mass is 9.91. The first-order chi connectivity index (χ1) is 38.8. The molecule has 2 aliphatic carbocycles. The van der Waals surface area contributed by atoms with Crippen molar-refractivity contribution in [3.8, 4) is 22.5 Å². The summed E-state index contributed by atoms with van der Waals surface area (Å²) in [4.78, 5) is 69.8. The lowest BCUT2D eigenvalue weighted by molar-refractivity contribution is -0.112. The van der Waals surface area contributed by atoms with Crippen LogP contribution in [0.1, 0.15) is 84.9 Å². The molecule has 1 aliphatic heterocycles. The topological polar surface area (TPSA) is 247 Å². The molecule has 4 aromatic heterocycles. The van der Waals surface area contributed by atoms with E-state index in [1.807, 2.05) is 48.5 Å². The number of benzene rings is 4. The van der Waals surface area contributed by atoms with Crippen LogP contribution in [-0.4, -0.2) is 90.2 Å². The minimum Gasteiger partial charge on any atom is -0.399 e. The number of hydrogen-bond donors (Lipinski definition) is 8. The lowest BCUT2D eigenvalue weighted by Gasteiger charge is -2.30. The minimum absolute atomic E-state index is 0. The molecule has 81 heavy (non-hydrogen) atoms. The van der Waals surface area contributed by atoms with E-state index in [0.717, 1.165) is 86.0 Å². The van der Waals surface area contributed by atoms with Gasteiger partial charge in [0.05, 0.1) is 12.4 Å². The molecule has 422 valence electrons. The molecule has 17 nitrogen and oxygen atoms in total. The summed E-state index contributed by atoms with van der Waals surface area (Å²) < 4.78 is 34.2. The predicted octanol–water partition coefficient (Wildman–Crippen LogP) is 11.7. The fourth-order valence-electron chi connectivity index (χ4n) is 9.64. The van der Waals surface area contributed by atoms with Gasteiger partial charge in [0.1, 0.15) is 11.4 Å². The van der Waals surface area contributed by atoms with Gasteiger partial charge in [0.2, 0.25) is 23.0 Å². The van der Waals surface area contributed by atoms with E-state index in [2.05, 4.69) is 69.6 Å². The Morgan fingerprint density at radius 1 is 0.617 bits per heavy atom. The standard InChI is InChI=1S/C28H27FN6O2.C25H25FN6O.C4H8O.C3H3ClO.ClH/c1-2-25(36)32-18-12-10-17(11-13-18)27(37)33-19-6-5-7-20(14-19)34-28-31-16-23(29)26(35-28)22-15-30-24-9-4-3-8-21(22)24;26-21-14-29-25(32-23(21)20-13-28-22-7-2-1-6-19(20)22)31-18-5-3-4-17(12-18)30-24(33)15-8-10-16(27)11-9-15;1-2-4-5-3-1;1-2-3(4)5;/h2-4,8-13,15-16,19-20,30H,1,5-7,14H2,(H,32,36)(H,33,37)(H,31,34,35);1-2,6-11,13-14,17-18,28H,3-5,12,27H2,(H,30,33)(H,29,31,32);1-4H2;2H,1H2;1H/t19-,20+;17-,18+;;;/m00.../s1.